The summed E-state index contributed by atoms with van der Waals surface area (Å²) in [5, 5.41) is 0. The molecule has 6 heteroatoms. The molecule has 1 atom stereocenters. The molecule has 6 nitrogen and oxygen atoms in total. The van der Waals surface area contributed by atoms with Gasteiger partial charge in [-0.05, 0) is 27.7 Å². The molecule has 0 aromatic heterocycles. The smallest absolute Gasteiger partial charge is 0.428 e. The van der Waals surface area contributed by atoms with Crippen LogP contribution in [0, 0.1) is 0 Å². The maximum absolute atomic E-state index is 11.4. The Balaban J connectivity index is 2.46. The molecule has 0 aromatic rings. The molecule has 1 unspecified atom stereocenters. The van der Waals surface area contributed by atoms with Crippen LogP contribution in [0.2, 0.25) is 0 Å². The van der Waals surface area contributed by atoms with Crippen LogP contribution in [0.4, 0.5) is 4.79 Å². The Morgan fingerprint density at radius 1 is 1.47 bits per heavy atom. The first-order valence-electron chi connectivity index (χ1n) is 5.23. The highest BCUT2D eigenvalue weighted by Crippen LogP contribution is 2.27. The van der Waals surface area contributed by atoms with Crippen LogP contribution >= 0.6 is 0 Å². The van der Waals surface area contributed by atoms with Crippen molar-refractivity contribution in [3.05, 3.63) is 12.2 Å². The first kappa shape index (κ1) is 14.0. The van der Waals surface area contributed by atoms with Gasteiger partial charge in [0, 0.05) is 0 Å². The molecule has 0 saturated carbocycles. The van der Waals surface area contributed by atoms with Gasteiger partial charge in [0.15, 0.2) is 6.61 Å². The molecular formula is C11H18O6. The first-order chi connectivity index (χ1) is 7.72. The highest BCUT2D eigenvalue weighted by atomic mass is 17.3. The zero-order valence-electron chi connectivity index (χ0n) is 10.6. The van der Waals surface area contributed by atoms with Gasteiger partial charge in [0.1, 0.15) is 5.60 Å². The van der Waals surface area contributed by atoms with Gasteiger partial charge in [-0.25, -0.2) is 9.68 Å². The lowest BCUT2D eigenvalue weighted by Crippen LogP contribution is -2.54. The molecule has 0 radical (unpaired) electrons. The highest BCUT2D eigenvalue weighted by Gasteiger charge is 2.48. The van der Waals surface area contributed by atoms with E-state index >= 15 is 0 Å². The first-order valence-corrected chi connectivity index (χ1v) is 5.23. The van der Waals surface area contributed by atoms with E-state index in [1.807, 2.05) is 0 Å². The number of carbonyl (C=O) groups is 1. The quantitative estimate of drug-likeness (QED) is 0.328. The second-order valence-corrected chi connectivity index (χ2v) is 4.84. The lowest BCUT2D eigenvalue weighted by atomic mass is 10.2. The minimum absolute atomic E-state index is 0.000473. The molecular weight excluding hydrogens is 228 g/mol. The van der Waals surface area contributed by atoms with E-state index in [-0.39, 0.29) is 13.2 Å². The minimum Gasteiger partial charge on any atom is -0.428 e. The van der Waals surface area contributed by atoms with E-state index in [1.165, 1.54) is 0 Å². The van der Waals surface area contributed by atoms with Gasteiger partial charge in [-0.1, -0.05) is 12.2 Å². The van der Waals surface area contributed by atoms with E-state index in [0.29, 0.717) is 0 Å². The zero-order valence-corrected chi connectivity index (χ0v) is 10.6. The van der Waals surface area contributed by atoms with Crippen LogP contribution in [-0.4, -0.2) is 30.9 Å². The van der Waals surface area contributed by atoms with E-state index in [2.05, 4.69) is 16.4 Å². The number of carbonyl (C=O) groups excluding carboxylic acids is 1. The maximum atomic E-state index is 11.4. The van der Waals surface area contributed by atoms with Gasteiger partial charge in [-0.3, -0.25) is 0 Å². The summed E-state index contributed by atoms with van der Waals surface area (Å²) in [6.45, 7) is 10.8. The Labute approximate surface area is 100 Å². The second-order valence-electron chi connectivity index (χ2n) is 4.84. The third-order valence-corrected chi connectivity index (χ3v) is 1.59. The van der Waals surface area contributed by atoms with Crippen molar-refractivity contribution in [2.24, 2.45) is 0 Å². The molecule has 1 aliphatic rings. The molecule has 1 saturated heterocycles. The lowest BCUT2D eigenvalue weighted by molar-refractivity contribution is -0.596. The fourth-order valence-corrected chi connectivity index (χ4v) is 0.928. The Morgan fingerprint density at radius 2 is 2.06 bits per heavy atom. The van der Waals surface area contributed by atoms with Gasteiger partial charge in [0.25, 0.3) is 0 Å². The van der Waals surface area contributed by atoms with E-state index in [0.717, 1.165) is 5.57 Å². The fraction of sp³-hybridized carbons (Fsp3) is 0.727. The average Bonchev–Trinajstić information content (AvgIpc) is 2.05. The Hall–Kier alpha value is -1.11. The van der Waals surface area contributed by atoms with Crippen molar-refractivity contribution in [3.63, 3.8) is 0 Å². The van der Waals surface area contributed by atoms with Gasteiger partial charge in [0.2, 0.25) is 0 Å². The minimum atomic E-state index is -1.51. The van der Waals surface area contributed by atoms with Crippen LogP contribution in [0.15, 0.2) is 12.2 Å². The van der Waals surface area contributed by atoms with Crippen molar-refractivity contribution in [2.75, 3.05) is 13.2 Å². The summed E-state index contributed by atoms with van der Waals surface area (Å²) >= 11 is 0. The molecule has 1 heterocycles. The summed E-state index contributed by atoms with van der Waals surface area (Å²) in [6, 6.07) is 0. The summed E-state index contributed by atoms with van der Waals surface area (Å²) in [4.78, 5) is 20.6. The van der Waals surface area contributed by atoms with Crippen LogP contribution in [0.1, 0.15) is 27.7 Å². The van der Waals surface area contributed by atoms with Gasteiger partial charge in [-0.2, -0.15) is 4.89 Å². The molecule has 17 heavy (non-hydrogen) atoms. The van der Waals surface area contributed by atoms with Crippen molar-refractivity contribution in [1.29, 1.82) is 0 Å². The Bertz CT molecular complexity index is 300. The van der Waals surface area contributed by atoms with Crippen LogP contribution in [0.3, 0.4) is 0 Å². The molecule has 0 amide bonds. The normalized spacial score (nSPS) is 23.8. The average molecular weight is 246 g/mol. The molecule has 1 aliphatic heterocycles. The highest BCUT2D eigenvalue weighted by molar-refractivity contribution is 5.60. The predicted molar refractivity (Wildman–Crippen MR) is 57.9 cm³/mol. The largest absolute Gasteiger partial charge is 0.513 e. The number of rotatable bonds is 4. The molecule has 0 spiro atoms. The van der Waals surface area contributed by atoms with Gasteiger partial charge >= 0.3 is 12.1 Å². The Kier molecular flexibility index (Phi) is 4.13. The summed E-state index contributed by atoms with van der Waals surface area (Å²) in [6.07, 6.45) is -0.873. The van der Waals surface area contributed by atoms with Gasteiger partial charge in [-0.15, -0.1) is 0 Å². The number of hydrogen-bond acceptors (Lipinski definition) is 6. The molecule has 1 fully saturated rings. The molecule has 0 aliphatic carbocycles. The number of hydrogen-bond donors (Lipinski definition) is 0. The van der Waals surface area contributed by atoms with Crippen LogP contribution in [0.25, 0.3) is 0 Å². The fourth-order valence-electron chi connectivity index (χ4n) is 0.928. The molecule has 1 rings (SSSR count). The third kappa shape index (κ3) is 4.72. The predicted octanol–water partition coefficient (Wildman–Crippen LogP) is 2.15. The van der Waals surface area contributed by atoms with Gasteiger partial charge < -0.3 is 14.2 Å². The Morgan fingerprint density at radius 3 is 2.41 bits per heavy atom. The molecule has 98 valence electrons. The van der Waals surface area contributed by atoms with Crippen LogP contribution in [-0.2, 0) is 24.0 Å². The number of ether oxygens (including phenoxy) is 3. The zero-order chi connectivity index (χ0) is 13.1. The van der Waals surface area contributed by atoms with Crippen LogP contribution < -0.4 is 0 Å². The monoisotopic (exact) mass is 246 g/mol. The summed E-state index contributed by atoms with van der Waals surface area (Å²) < 4.78 is 15.1. The van der Waals surface area contributed by atoms with Gasteiger partial charge in [0.05, 0.1) is 6.61 Å². The standard InChI is InChI=1S/C11H18O6/c1-8(2)6-13-11(7-14-17-11)16-9(12)15-10(3,4)5/h1,6-7H2,2-5H3. The second kappa shape index (κ2) is 5.03. The van der Waals surface area contributed by atoms with E-state index < -0.39 is 17.7 Å². The topological polar surface area (TPSA) is 63.2 Å². The van der Waals surface area contributed by atoms with E-state index in [4.69, 9.17) is 14.2 Å². The van der Waals surface area contributed by atoms with Crippen molar-refractivity contribution in [1.82, 2.24) is 0 Å². The molecule has 0 aromatic carbocycles. The summed E-state index contributed by atoms with van der Waals surface area (Å²) in [5.41, 5.74) is 0.129. The summed E-state index contributed by atoms with van der Waals surface area (Å²) in [7, 11) is 0. The van der Waals surface area contributed by atoms with E-state index in [9.17, 15) is 4.79 Å². The van der Waals surface area contributed by atoms with Crippen molar-refractivity contribution in [3.8, 4) is 0 Å². The van der Waals surface area contributed by atoms with Crippen molar-refractivity contribution in [2.45, 2.75) is 39.3 Å². The molecule has 0 bridgehead atoms. The van der Waals surface area contributed by atoms with Crippen molar-refractivity contribution >= 4 is 6.16 Å². The lowest BCUT2D eigenvalue weighted by Gasteiger charge is -2.37. The SMILES string of the molecule is C=C(C)COC1(OC(=O)OC(C)(C)C)COO1. The van der Waals surface area contributed by atoms with Crippen LogP contribution in [0.5, 0.6) is 0 Å². The van der Waals surface area contributed by atoms with E-state index in [1.54, 1.807) is 27.7 Å². The third-order valence-electron chi connectivity index (χ3n) is 1.59. The van der Waals surface area contributed by atoms with Crippen molar-refractivity contribution < 1.29 is 28.8 Å². The molecule has 0 N–H and O–H groups in total. The maximum Gasteiger partial charge on any atom is 0.513 e. The summed E-state index contributed by atoms with van der Waals surface area (Å²) in [5.74, 6) is -1.51.